The third-order valence-electron chi connectivity index (χ3n) is 4.67. The van der Waals surface area contributed by atoms with Gasteiger partial charge in [0.2, 0.25) is 11.9 Å². The second-order valence-electron chi connectivity index (χ2n) is 6.91. The summed E-state index contributed by atoms with van der Waals surface area (Å²) in [5.74, 6) is -1.35. The maximum atomic E-state index is 13.1. The first-order chi connectivity index (χ1) is 16.4. The summed E-state index contributed by atoms with van der Waals surface area (Å²) in [6.07, 6.45) is 0. The highest BCUT2D eigenvalue weighted by Gasteiger charge is 2.27. The molecule has 1 unspecified atom stereocenters. The van der Waals surface area contributed by atoms with Crippen LogP contribution in [0.4, 0.5) is 10.9 Å². The Morgan fingerprint density at radius 2 is 1.85 bits per heavy atom. The molecule has 0 spiro atoms. The van der Waals surface area contributed by atoms with Crippen molar-refractivity contribution >= 4 is 51.9 Å². The normalized spacial score (nSPS) is 11.6. The van der Waals surface area contributed by atoms with E-state index in [0.717, 1.165) is 17.3 Å². The molecule has 3 rings (SSSR count). The van der Waals surface area contributed by atoms with Crippen LogP contribution < -0.4 is 11.1 Å². The van der Waals surface area contributed by atoms with Gasteiger partial charge in [-0.15, -0.1) is 21.5 Å². The van der Waals surface area contributed by atoms with E-state index in [1.165, 1.54) is 15.9 Å². The molecule has 0 bridgehead atoms. The van der Waals surface area contributed by atoms with Crippen molar-refractivity contribution in [2.75, 3.05) is 30.0 Å². The Kier molecular flexibility index (Phi) is 8.66. The van der Waals surface area contributed by atoms with Crippen molar-refractivity contribution < 1.29 is 23.9 Å². The number of amides is 1. The number of thioether (sulfide) groups is 1. The van der Waals surface area contributed by atoms with Gasteiger partial charge < -0.3 is 20.5 Å². The minimum absolute atomic E-state index is 0.00131. The summed E-state index contributed by atoms with van der Waals surface area (Å²) >= 11 is 2.29. The zero-order valence-electron chi connectivity index (χ0n) is 18.9. The van der Waals surface area contributed by atoms with Gasteiger partial charge in [0.15, 0.2) is 5.16 Å². The van der Waals surface area contributed by atoms with Crippen LogP contribution in [0, 0.1) is 0 Å². The average Bonchev–Trinajstić information content (AvgIpc) is 3.41. The Morgan fingerprint density at radius 3 is 2.53 bits per heavy atom. The summed E-state index contributed by atoms with van der Waals surface area (Å²) in [6, 6.07) is 8.55. The number of thiophene rings is 1. The predicted molar refractivity (Wildman–Crippen MR) is 131 cm³/mol. The minimum atomic E-state index is -0.822. The Bertz CT molecular complexity index is 1160. The second kappa shape index (κ2) is 11.7. The zero-order valence-corrected chi connectivity index (χ0v) is 20.6. The third kappa shape index (κ3) is 5.75. The van der Waals surface area contributed by atoms with Crippen LogP contribution in [0.25, 0.3) is 11.1 Å². The summed E-state index contributed by atoms with van der Waals surface area (Å²) in [6.45, 7) is 5.52. The number of nitrogen functional groups attached to an aromatic ring is 1. The van der Waals surface area contributed by atoms with E-state index >= 15 is 0 Å². The lowest BCUT2D eigenvalue weighted by Gasteiger charge is -2.16. The Hall–Kier alpha value is -3.38. The summed E-state index contributed by atoms with van der Waals surface area (Å²) in [5.41, 5.74) is 7.73. The molecule has 1 atom stereocenters. The fourth-order valence-electron chi connectivity index (χ4n) is 3.10. The van der Waals surface area contributed by atoms with E-state index in [9.17, 15) is 14.4 Å². The molecule has 0 aliphatic heterocycles. The second-order valence-corrected chi connectivity index (χ2v) is 8.73. The maximum Gasteiger partial charge on any atom is 0.341 e. The van der Waals surface area contributed by atoms with Crippen LogP contribution in [0.1, 0.15) is 37.2 Å². The van der Waals surface area contributed by atoms with Gasteiger partial charge in [-0.2, -0.15) is 0 Å². The summed E-state index contributed by atoms with van der Waals surface area (Å²) in [4.78, 5) is 37.6. The SMILES string of the molecule is CCOC(=O)CSc1nnc(N)n1C(C)C(=O)Nc1scc(-c2ccccc2)c1C(=O)OCC. The van der Waals surface area contributed by atoms with Gasteiger partial charge in [-0.1, -0.05) is 42.1 Å². The molecule has 1 amide bonds. The van der Waals surface area contributed by atoms with Gasteiger partial charge in [0.25, 0.3) is 0 Å². The highest BCUT2D eigenvalue weighted by molar-refractivity contribution is 7.99. The summed E-state index contributed by atoms with van der Waals surface area (Å²) < 4.78 is 11.6. The van der Waals surface area contributed by atoms with Crippen LogP contribution in [0.5, 0.6) is 0 Å². The number of anilines is 2. The number of hydrogen-bond donors (Lipinski definition) is 2. The topological polar surface area (TPSA) is 138 Å². The number of hydrogen-bond acceptors (Lipinski definition) is 10. The van der Waals surface area contributed by atoms with Gasteiger partial charge in [-0.05, 0) is 26.3 Å². The van der Waals surface area contributed by atoms with Gasteiger partial charge in [-0.25, -0.2) is 4.79 Å². The lowest BCUT2D eigenvalue weighted by molar-refractivity contribution is -0.139. The molecule has 3 aromatic rings. The van der Waals surface area contributed by atoms with Gasteiger partial charge in [0, 0.05) is 10.9 Å². The van der Waals surface area contributed by atoms with Crippen LogP contribution in [0.2, 0.25) is 0 Å². The Labute approximate surface area is 204 Å². The number of benzene rings is 1. The van der Waals surface area contributed by atoms with E-state index in [1.807, 2.05) is 30.3 Å². The largest absolute Gasteiger partial charge is 0.465 e. The molecular weight excluding hydrogens is 478 g/mol. The molecule has 2 heterocycles. The van der Waals surface area contributed by atoms with Crippen molar-refractivity contribution in [3.8, 4) is 11.1 Å². The molecule has 0 aliphatic carbocycles. The minimum Gasteiger partial charge on any atom is -0.465 e. The van der Waals surface area contributed by atoms with Crippen LogP contribution in [-0.2, 0) is 19.1 Å². The quantitative estimate of drug-likeness (QED) is 0.314. The van der Waals surface area contributed by atoms with Crippen LogP contribution in [0.15, 0.2) is 40.9 Å². The molecule has 180 valence electrons. The number of carbonyl (C=O) groups is 3. The monoisotopic (exact) mass is 503 g/mol. The Morgan fingerprint density at radius 1 is 1.15 bits per heavy atom. The molecule has 0 saturated carbocycles. The van der Waals surface area contributed by atoms with Crippen molar-refractivity contribution in [2.45, 2.75) is 32.0 Å². The van der Waals surface area contributed by atoms with E-state index in [2.05, 4.69) is 15.5 Å². The molecule has 12 heteroatoms. The first-order valence-electron chi connectivity index (χ1n) is 10.5. The molecule has 0 aliphatic rings. The third-order valence-corrected chi connectivity index (χ3v) is 6.49. The molecule has 3 N–H and O–H groups in total. The Balaban J connectivity index is 1.85. The van der Waals surface area contributed by atoms with Gasteiger partial charge in [-0.3, -0.25) is 14.2 Å². The lowest BCUT2D eigenvalue weighted by Crippen LogP contribution is -2.26. The molecular formula is C22H25N5O5S2. The first kappa shape index (κ1) is 25.2. The van der Waals surface area contributed by atoms with Crippen molar-refractivity contribution in [3.63, 3.8) is 0 Å². The van der Waals surface area contributed by atoms with E-state index < -0.39 is 23.9 Å². The highest BCUT2D eigenvalue weighted by Crippen LogP contribution is 2.37. The molecule has 0 saturated heterocycles. The van der Waals surface area contributed by atoms with E-state index in [4.69, 9.17) is 15.2 Å². The number of ether oxygens (including phenoxy) is 2. The number of nitrogens with zero attached hydrogens (tertiary/aromatic N) is 3. The van der Waals surface area contributed by atoms with Crippen LogP contribution >= 0.6 is 23.1 Å². The molecule has 0 radical (unpaired) electrons. The number of carbonyl (C=O) groups excluding carboxylic acids is 3. The van der Waals surface area contributed by atoms with Crippen molar-refractivity contribution in [2.24, 2.45) is 0 Å². The zero-order chi connectivity index (χ0) is 24.7. The van der Waals surface area contributed by atoms with Gasteiger partial charge in [0.05, 0.1) is 19.0 Å². The fraction of sp³-hybridized carbons (Fsp3) is 0.318. The summed E-state index contributed by atoms with van der Waals surface area (Å²) in [7, 11) is 0. The standard InChI is InChI=1S/C22H25N5O5S2/c1-4-31-16(28)12-34-22-26-25-21(23)27(22)13(3)18(29)24-19-17(20(30)32-5-2)15(11-33-19)14-9-7-6-8-10-14/h6-11,13H,4-5,12H2,1-3H3,(H2,23,25)(H,24,29). The maximum absolute atomic E-state index is 13.1. The molecule has 0 fully saturated rings. The van der Waals surface area contributed by atoms with Crippen LogP contribution in [0.3, 0.4) is 0 Å². The summed E-state index contributed by atoms with van der Waals surface area (Å²) in [5, 5.41) is 13.1. The smallest absolute Gasteiger partial charge is 0.341 e. The molecule has 2 aromatic heterocycles. The average molecular weight is 504 g/mol. The fourth-order valence-corrected chi connectivity index (χ4v) is 4.88. The van der Waals surface area contributed by atoms with E-state index in [1.54, 1.807) is 26.2 Å². The van der Waals surface area contributed by atoms with Crippen LogP contribution in [-0.4, -0.2) is 51.6 Å². The molecule has 1 aromatic carbocycles. The van der Waals surface area contributed by atoms with Gasteiger partial charge in [0.1, 0.15) is 16.6 Å². The lowest BCUT2D eigenvalue weighted by atomic mass is 10.0. The van der Waals surface area contributed by atoms with E-state index in [-0.39, 0.29) is 30.5 Å². The van der Waals surface area contributed by atoms with Crippen molar-refractivity contribution in [1.29, 1.82) is 0 Å². The number of nitrogens with two attached hydrogens (primary N) is 1. The van der Waals surface area contributed by atoms with E-state index in [0.29, 0.717) is 15.7 Å². The number of aromatic nitrogens is 3. The van der Waals surface area contributed by atoms with Crippen molar-refractivity contribution in [3.05, 3.63) is 41.3 Å². The number of nitrogens with one attached hydrogen (secondary N) is 1. The number of esters is 2. The molecule has 10 nitrogen and oxygen atoms in total. The first-order valence-corrected chi connectivity index (χ1v) is 12.4. The van der Waals surface area contributed by atoms with Crippen molar-refractivity contribution in [1.82, 2.24) is 14.8 Å². The van der Waals surface area contributed by atoms with Gasteiger partial charge >= 0.3 is 11.9 Å². The highest BCUT2D eigenvalue weighted by atomic mass is 32.2. The molecule has 34 heavy (non-hydrogen) atoms. The predicted octanol–water partition coefficient (Wildman–Crippen LogP) is 3.62. The number of rotatable bonds is 10.